The number of primary amides is 2. The van der Waals surface area contributed by atoms with Crippen LogP contribution in [-0.2, 0) is 5.92 Å². The van der Waals surface area contributed by atoms with Crippen LogP contribution in [0.4, 0.5) is 39.5 Å². The fraction of sp³-hybridized carbons (Fsp3) is 0.130. The molecule has 0 radical (unpaired) electrons. The van der Waals surface area contributed by atoms with E-state index < -0.39 is 75.6 Å². The number of hydrogen-bond acceptors (Lipinski definition) is 4. The summed E-state index contributed by atoms with van der Waals surface area (Å²) in [6, 6.07) is 6.96. The van der Waals surface area contributed by atoms with Gasteiger partial charge in [-0.1, -0.05) is 18.2 Å². The zero-order valence-electron chi connectivity index (χ0n) is 18.4. The molecule has 2 amide bonds. The molecule has 0 aliphatic rings. The molecular formula is C23H13F9N2O4. The fourth-order valence-corrected chi connectivity index (χ4v) is 3.26. The van der Waals surface area contributed by atoms with Crippen LogP contribution < -0.4 is 20.9 Å². The van der Waals surface area contributed by atoms with Gasteiger partial charge in [-0.05, 0) is 42.0 Å². The number of carbonyl (C=O) groups is 2. The van der Waals surface area contributed by atoms with Gasteiger partial charge in [0.05, 0.1) is 16.7 Å². The Balaban J connectivity index is 2.41. The zero-order valence-corrected chi connectivity index (χ0v) is 18.4. The number of carbonyl (C=O) groups excluding carboxylic acids is 2. The molecule has 4 N–H and O–H groups in total. The average Bonchev–Trinajstić information content (AvgIpc) is 2.78. The van der Waals surface area contributed by atoms with Gasteiger partial charge in [0, 0.05) is 5.56 Å². The van der Waals surface area contributed by atoms with Crippen molar-refractivity contribution >= 4 is 11.8 Å². The molecule has 0 bridgehead atoms. The summed E-state index contributed by atoms with van der Waals surface area (Å²) in [6.45, 7) is 0. The molecule has 0 saturated carbocycles. The van der Waals surface area contributed by atoms with Crippen molar-refractivity contribution in [1.29, 1.82) is 0 Å². The highest BCUT2D eigenvalue weighted by Gasteiger charge is 2.61. The number of rotatable bonds is 7. The molecule has 0 aliphatic carbocycles. The average molecular weight is 552 g/mol. The summed E-state index contributed by atoms with van der Waals surface area (Å²) in [4.78, 5) is 23.2. The molecule has 0 atom stereocenters. The number of ether oxygens (including phenoxy) is 2. The van der Waals surface area contributed by atoms with Gasteiger partial charge in [-0.2, -0.15) is 22.0 Å². The minimum Gasteiger partial charge on any atom is -0.456 e. The van der Waals surface area contributed by atoms with Crippen LogP contribution in [0, 0.1) is 5.82 Å². The van der Waals surface area contributed by atoms with Crippen LogP contribution in [0.5, 0.6) is 17.2 Å². The summed E-state index contributed by atoms with van der Waals surface area (Å²) in [7, 11) is 0. The van der Waals surface area contributed by atoms with Crippen LogP contribution >= 0.6 is 0 Å². The van der Waals surface area contributed by atoms with Gasteiger partial charge >= 0.3 is 18.5 Å². The largest absolute Gasteiger partial charge is 0.573 e. The molecule has 0 saturated heterocycles. The second-order valence-corrected chi connectivity index (χ2v) is 7.49. The molecule has 38 heavy (non-hydrogen) atoms. The third-order valence-electron chi connectivity index (χ3n) is 4.90. The Morgan fingerprint density at radius 1 is 0.763 bits per heavy atom. The van der Waals surface area contributed by atoms with Crippen molar-refractivity contribution in [2.45, 2.75) is 18.5 Å². The first kappa shape index (κ1) is 28.1. The number of nitrogens with two attached hydrogens (primary N) is 2. The molecule has 0 fully saturated rings. The predicted octanol–water partition coefficient (Wildman–Crippen LogP) is 6.04. The van der Waals surface area contributed by atoms with Crippen molar-refractivity contribution in [2.24, 2.45) is 11.5 Å². The Morgan fingerprint density at radius 3 is 1.92 bits per heavy atom. The van der Waals surface area contributed by atoms with Crippen LogP contribution in [0.1, 0.15) is 26.3 Å². The Kier molecular flexibility index (Phi) is 7.25. The van der Waals surface area contributed by atoms with Gasteiger partial charge in [-0.25, -0.2) is 4.39 Å². The van der Waals surface area contributed by atoms with E-state index in [1.54, 1.807) is 0 Å². The smallest absolute Gasteiger partial charge is 0.456 e. The van der Waals surface area contributed by atoms with E-state index in [0.717, 1.165) is 12.1 Å². The lowest BCUT2D eigenvalue weighted by Crippen LogP contribution is -2.35. The van der Waals surface area contributed by atoms with Crippen LogP contribution in [0.2, 0.25) is 0 Å². The van der Waals surface area contributed by atoms with Crippen LogP contribution in [0.3, 0.4) is 0 Å². The molecule has 3 aromatic rings. The second kappa shape index (κ2) is 9.79. The summed E-state index contributed by atoms with van der Waals surface area (Å²) in [5, 5.41) is 0. The summed E-state index contributed by atoms with van der Waals surface area (Å²) >= 11 is 0. The van der Waals surface area contributed by atoms with Crippen molar-refractivity contribution in [1.82, 2.24) is 0 Å². The third-order valence-corrected chi connectivity index (χ3v) is 4.90. The highest BCUT2D eigenvalue weighted by Crippen LogP contribution is 2.52. The standard InChI is InChI=1S/C23H13F9N2O4/c24-16-6-5-10(7-14(16)20(34)36)13-8-11(37-17-4-2-1-3-12(17)19(33)35)9-15(18(13)38-23(30,31)32)21(25,26)22(27,28)29/h1-9H,(H2,33,35)(H2,34,36). The maximum Gasteiger partial charge on any atom is 0.573 e. The van der Waals surface area contributed by atoms with Crippen molar-refractivity contribution in [3.05, 3.63) is 77.1 Å². The van der Waals surface area contributed by atoms with E-state index in [1.807, 2.05) is 0 Å². The third kappa shape index (κ3) is 5.76. The zero-order chi connectivity index (χ0) is 28.6. The minimum absolute atomic E-state index is 0.0750. The predicted molar refractivity (Wildman–Crippen MR) is 112 cm³/mol. The molecule has 0 spiro atoms. The second-order valence-electron chi connectivity index (χ2n) is 7.49. The maximum absolute atomic E-state index is 14.6. The van der Waals surface area contributed by atoms with Gasteiger partial charge in [-0.3, -0.25) is 9.59 Å². The number of benzene rings is 3. The molecular weight excluding hydrogens is 539 g/mol. The first-order valence-electron chi connectivity index (χ1n) is 9.97. The Morgan fingerprint density at radius 2 is 1.37 bits per heavy atom. The fourth-order valence-electron chi connectivity index (χ4n) is 3.26. The van der Waals surface area contributed by atoms with E-state index in [4.69, 9.17) is 16.2 Å². The normalized spacial score (nSPS) is 12.2. The van der Waals surface area contributed by atoms with Crippen molar-refractivity contribution in [3.8, 4) is 28.4 Å². The molecule has 6 nitrogen and oxygen atoms in total. The number of halogens is 9. The van der Waals surface area contributed by atoms with Crippen molar-refractivity contribution in [3.63, 3.8) is 0 Å². The van der Waals surface area contributed by atoms with Gasteiger partial charge in [0.15, 0.2) is 0 Å². The maximum atomic E-state index is 14.6. The highest BCUT2D eigenvalue weighted by molar-refractivity contribution is 5.96. The molecule has 0 heterocycles. The molecule has 15 heteroatoms. The monoisotopic (exact) mass is 552 g/mol. The Bertz CT molecular complexity index is 1400. The molecule has 202 valence electrons. The lowest BCUT2D eigenvalue weighted by Gasteiger charge is -2.26. The van der Waals surface area contributed by atoms with Crippen molar-refractivity contribution < 1.29 is 58.6 Å². The topological polar surface area (TPSA) is 105 Å². The number of hydrogen-bond donors (Lipinski definition) is 2. The quantitative estimate of drug-likeness (QED) is 0.349. The Labute approximate surface area is 206 Å². The Hall–Kier alpha value is -4.43. The van der Waals surface area contributed by atoms with E-state index in [0.29, 0.717) is 24.3 Å². The van der Waals surface area contributed by atoms with Gasteiger partial charge < -0.3 is 20.9 Å². The van der Waals surface area contributed by atoms with Gasteiger partial charge in [-0.15, -0.1) is 13.2 Å². The molecule has 0 aromatic heterocycles. The summed E-state index contributed by atoms with van der Waals surface area (Å²) in [6.07, 6.45) is -12.2. The molecule has 3 rings (SSSR count). The van der Waals surface area contributed by atoms with Crippen LogP contribution in [0.15, 0.2) is 54.6 Å². The van der Waals surface area contributed by atoms with Gasteiger partial charge in [0.2, 0.25) is 0 Å². The lowest BCUT2D eigenvalue weighted by atomic mass is 9.95. The first-order valence-corrected chi connectivity index (χ1v) is 9.97. The molecule has 3 aromatic carbocycles. The summed E-state index contributed by atoms with van der Waals surface area (Å²) < 4.78 is 131. The van der Waals surface area contributed by atoms with Crippen molar-refractivity contribution in [2.75, 3.05) is 0 Å². The molecule has 0 unspecified atom stereocenters. The van der Waals surface area contributed by atoms with E-state index in [1.165, 1.54) is 12.1 Å². The van der Waals surface area contributed by atoms with E-state index >= 15 is 0 Å². The first-order chi connectivity index (χ1) is 17.4. The van der Waals surface area contributed by atoms with Gasteiger partial charge in [0.25, 0.3) is 11.8 Å². The SMILES string of the molecule is NC(=O)c1cc(-c2cc(Oc3ccccc3C(N)=O)cc(C(F)(F)C(F)(F)F)c2OC(F)(F)F)ccc1F. The number of alkyl halides is 8. The van der Waals surface area contributed by atoms with E-state index in [9.17, 15) is 49.1 Å². The molecule has 0 aliphatic heterocycles. The summed E-state index contributed by atoms with van der Waals surface area (Å²) in [5.41, 5.74) is 4.79. The number of para-hydroxylation sites is 1. The summed E-state index contributed by atoms with van der Waals surface area (Å²) in [5.74, 6) is -13.1. The number of amides is 2. The van der Waals surface area contributed by atoms with E-state index in [2.05, 4.69) is 4.74 Å². The van der Waals surface area contributed by atoms with E-state index in [-0.39, 0.29) is 11.6 Å². The van der Waals surface area contributed by atoms with Crippen LogP contribution in [0.25, 0.3) is 11.1 Å². The lowest BCUT2D eigenvalue weighted by molar-refractivity contribution is -0.296. The minimum atomic E-state index is -6.42. The van der Waals surface area contributed by atoms with Gasteiger partial charge in [0.1, 0.15) is 23.1 Å². The van der Waals surface area contributed by atoms with Crippen LogP contribution in [-0.4, -0.2) is 24.4 Å². The highest BCUT2D eigenvalue weighted by atomic mass is 19.4.